The number of carbonyl (C=O) groups is 2. The van der Waals surface area contributed by atoms with Crippen molar-refractivity contribution in [1.82, 2.24) is 10.3 Å². The van der Waals surface area contributed by atoms with Gasteiger partial charge < -0.3 is 15.5 Å². The molecule has 0 aliphatic heterocycles. The van der Waals surface area contributed by atoms with E-state index in [1.54, 1.807) is 6.20 Å². The lowest BCUT2D eigenvalue weighted by Crippen LogP contribution is -2.22. The third-order valence-electron chi connectivity index (χ3n) is 3.57. The fourth-order valence-electron chi connectivity index (χ4n) is 2.27. The van der Waals surface area contributed by atoms with Gasteiger partial charge in [0.15, 0.2) is 0 Å². The minimum atomic E-state index is -0.0107. The number of rotatable bonds is 10. The van der Waals surface area contributed by atoms with Gasteiger partial charge in [0.1, 0.15) is 5.82 Å². The predicted molar refractivity (Wildman–Crippen MR) is 93.6 cm³/mol. The summed E-state index contributed by atoms with van der Waals surface area (Å²) >= 11 is 0. The Morgan fingerprint density at radius 1 is 1.13 bits per heavy atom. The molecule has 1 rings (SSSR count). The Bertz CT molecular complexity index is 484. The molecule has 0 unspecified atom stereocenters. The summed E-state index contributed by atoms with van der Waals surface area (Å²) in [5.41, 5.74) is 0.726. The Morgan fingerprint density at radius 2 is 1.87 bits per heavy atom. The van der Waals surface area contributed by atoms with E-state index in [1.807, 2.05) is 12.1 Å². The molecule has 0 fully saturated rings. The van der Waals surface area contributed by atoms with Gasteiger partial charge in [-0.2, -0.15) is 0 Å². The number of hydrogen-bond acceptors (Lipinski definition) is 4. The molecule has 1 aromatic rings. The van der Waals surface area contributed by atoms with Crippen LogP contribution in [0.5, 0.6) is 0 Å². The monoisotopic (exact) mass is 320 g/mol. The second-order valence-electron chi connectivity index (χ2n) is 5.42. The Balaban J connectivity index is 2.27. The van der Waals surface area contributed by atoms with E-state index in [2.05, 4.69) is 34.4 Å². The van der Waals surface area contributed by atoms with Gasteiger partial charge >= 0.3 is 0 Å². The molecule has 23 heavy (non-hydrogen) atoms. The fraction of sp³-hybridized carbons (Fsp3) is 0.588. The van der Waals surface area contributed by atoms with Crippen LogP contribution in [0, 0.1) is 0 Å². The first kappa shape index (κ1) is 18.9. The molecule has 0 radical (unpaired) electrons. The van der Waals surface area contributed by atoms with Crippen LogP contribution in [-0.2, 0) is 9.59 Å². The number of unbranched alkanes of at least 4 members (excludes halogenated alkanes) is 2. The summed E-state index contributed by atoms with van der Waals surface area (Å²) in [7, 11) is 0. The van der Waals surface area contributed by atoms with E-state index in [4.69, 9.17) is 0 Å². The third kappa shape index (κ3) is 7.63. The van der Waals surface area contributed by atoms with Gasteiger partial charge in [0.2, 0.25) is 11.8 Å². The second-order valence-corrected chi connectivity index (χ2v) is 5.42. The maximum absolute atomic E-state index is 11.9. The second kappa shape index (κ2) is 10.6. The summed E-state index contributed by atoms with van der Waals surface area (Å²) in [6.45, 7) is 8.18. The van der Waals surface area contributed by atoms with Gasteiger partial charge in [-0.05, 0) is 38.8 Å². The quantitative estimate of drug-likeness (QED) is 0.650. The molecule has 2 N–H and O–H groups in total. The largest absolute Gasteiger partial charge is 0.357 e. The van der Waals surface area contributed by atoms with Crippen LogP contribution in [-0.4, -0.2) is 36.4 Å². The lowest BCUT2D eigenvalue weighted by Gasteiger charge is -2.19. The average Bonchev–Trinajstić information content (AvgIpc) is 2.53. The van der Waals surface area contributed by atoms with Crippen molar-refractivity contribution in [3.05, 3.63) is 18.3 Å². The summed E-state index contributed by atoms with van der Waals surface area (Å²) in [4.78, 5) is 29.1. The number of carbonyl (C=O) groups excluding carboxylic acids is 2. The Hall–Kier alpha value is -2.11. The van der Waals surface area contributed by atoms with Gasteiger partial charge in [0, 0.05) is 33.0 Å². The smallest absolute Gasteiger partial charge is 0.224 e. The molecule has 1 heterocycles. The van der Waals surface area contributed by atoms with Crippen molar-refractivity contribution < 1.29 is 9.59 Å². The summed E-state index contributed by atoms with van der Waals surface area (Å²) in [5.74, 6) is 0.913. The molecule has 0 aliphatic carbocycles. The molecular formula is C17H28N4O2. The van der Waals surface area contributed by atoms with E-state index in [0.717, 1.165) is 43.9 Å². The lowest BCUT2D eigenvalue weighted by molar-refractivity contribution is -0.119. The van der Waals surface area contributed by atoms with Crippen LogP contribution in [0.15, 0.2) is 18.3 Å². The predicted octanol–water partition coefficient (Wildman–Crippen LogP) is 2.56. The first-order valence-corrected chi connectivity index (χ1v) is 8.32. The van der Waals surface area contributed by atoms with Crippen LogP contribution in [0.4, 0.5) is 11.5 Å². The summed E-state index contributed by atoms with van der Waals surface area (Å²) in [6, 6.07) is 3.81. The zero-order valence-electron chi connectivity index (χ0n) is 14.4. The molecular weight excluding hydrogens is 292 g/mol. The molecule has 0 spiro atoms. The molecule has 0 atom stereocenters. The van der Waals surface area contributed by atoms with Crippen molar-refractivity contribution in [2.75, 3.05) is 29.9 Å². The van der Waals surface area contributed by atoms with E-state index in [9.17, 15) is 9.59 Å². The van der Waals surface area contributed by atoms with Crippen LogP contribution in [0.25, 0.3) is 0 Å². The van der Waals surface area contributed by atoms with Gasteiger partial charge in [-0.25, -0.2) is 4.98 Å². The molecule has 1 aromatic heterocycles. The molecule has 0 saturated carbocycles. The van der Waals surface area contributed by atoms with Gasteiger partial charge in [0.25, 0.3) is 0 Å². The van der Waals surface area contributed by atoms with Crippen molar-refractivity contribution in [2.45, 2.75) is 46.5 Å². The SMILES string of the molecule is CCN(CC)c1ccc(NC(=O)CCCCCNC(C)=O)cn1. The zero-order valence-corrected chi connectivity index (χ0v) is 14.4. The first-order valence-electron chi connectivity index (χ1n) is 8.32. The van der Waals surface area contributed by atoms with Crippen molar-refractivity contribution in [2.24, 2.45) is 0 Å². The highest BCUT2D eigenvalue weighted by atomic mass is 16.2. The number of aromatic nitrogens is 1. The maximum Gasteiger partial charge on any atom is 0.224 e. The minimum Gasteiger partial charge on any atom is -0.357 e. The van der Waals surface area contributed by atoms with Crippen LogP contribution >= 0.6 is 0 Å². The zero-order chi connectivity index (χ0) is 17.1. The van der Waals surface area contributed by atoms with E-state index in [-0.39, 0.29) is 11.8 Å². The number of nitrogens with one attached hydrogen (secondary N) is 2. The molecule has 0 aromatic carbocycles. The molecule has 0 bridgehead atoms. The number of amides is 2. The van der Waals surface area contributed by atoms with E-state index < -0.39 is 0 Å². The van der Waals surface area contributed by atoms with Crippen molar-refractivity contribution >= 4 is 23.3 Å². The number of pyridine rings is 1. The highest BCUT2D eigenvalue weighted by Crippen LogP contribution is 2.14. The van der Waals surface area contributed by atoms with Gasteiger partial charge in [-0.3, -0.25) is 9.59 Å². The first-order chi connectivity index (χ1) is 11.1. The highest BCUT2D eigenvalue weighted by molar-refractivity contribution is 5.90. The van der Waals surface area contributed by atoms with Crippen LogP contribution < -0.4 is 15.5 Å². The van der Waals surface area contributed by atoms with Gasteiger partial charge in [-0.15, -0.1) is 0 Å². The topological polar surface area (TPSA) is 74.3 Å². The van der Waals surface area contributed by atoms with Crippen molar-refractivity contribution in [1.29, 1.82) is 0 Å². The van der Waals surface area contributed by atoms with Crippen molar-refractivity contribution in [3.63, 3.8) is 0 Å². The average molecular weight is 320 g/mol. The summed E-state index contributed by atoms with van der Waals surface area (Å²) in [5, 5.41) is 5.61. The molecule has 0 saturated heterocycles. The van der Waals surface area contributed by atoms with Crippen molar-refractivity contribution in [3.8, 4) is 0 Å². The summed E-state index contributed by atoms with van der Waals surface area (Å²) in [6.07, 6.45) is 4.82. The fourth-order valence-corrected chi connectivity index (χ4v) is 2.27. The standard InChI is InChI=1S/C17H28N4O2/c1-4-21(5-2)16-11-10-15(13-19-16)20-17(23)9-7-6-8-12-18-14(3)22/h10-11,13H,4-9,12H2,1-3H3,(H,18,22)(H,20,23). The maximum atomic E-state index is 11.9. The normalized spacial score (nSPS) is 10.2. The van der Waals surface area contributed by atoms with E-state index in [1.165, 1.54) is 6.92 Å². The molecule has 0 aliphatic rings. The van der Waals surface area contributed by atoms with Gasteiger partial charge in [0.05, 0.1) is 11.9 Å². The minimum absolute atomic E-state index is 0.00177. The number of nitrogens with zero attached hydrogens (tertiary/aromatic N) is 2. The lowest BCUT2D eigenvalue weighted by atomic mass is 10.2. The molecule has 6 nitrogen and oxygen atoms in total. The van der Waals surface area contributed by atoms with E-state index >= 15 is 0 Å². The highest BCUT2D eigenvalue weighted by Gasteiger charge is 2.05. The molecule has 6 heteroatoms. The molecule has 2 amide bonds. The Morgan fingerprint density at radius 3 is 2.43 bits per heavy atom. The van der Waals surface area contributed by atoms with Gasteiger partial charge in [-0.1, -0.05) is 6.42 Å². The Labute approximate surface area is 138 Å². The summed E-state index contributed by atoms with van der Waals surface area (Å²) < 4.78 is 0. The molecule has 128 valence electrons. The van der Waals surface area contributed by atoms with Crippen LogP contribution in [0.3, 0.4) is 0 Å². The third-order valence-corrected chi connectivity index (χ3v) is 3.57. The number of hydrogen-bond donors (Lipinski definition) is 2. The Kier molecular flexibility index (Phi) is 8.72. The number of anilines is 2. The van der Waals surface area contributed by atoms with Crippen LogP contribution in [0.2, 0.25) is 0 Å². The van der Waals surface area contributed by atoms with E-state index in [0.29, 0.717) is 13.0 Å². The van der Waals surface area contributed by atoms with Crippen LogP contribution in [0.1, 0.15) is 46.5 Å².